The average molecular weight is 333 g/mol. The first-order chi connectivity index (χ1) is 11.4. The standard InChI is InChI=1S/C17H17F2N3O2/c1-22(2)13-6-3-11(4-7-13)10-20-16(23)17(24)21-15-8-5-12(18)9-14(15)19/h3-9H,10H2,1-2H3,(H,20,23)(H,21,24). The minimum absolute atomic E-state index is 0.159. The number of halogens is 2. The largest absolute Gasteiger partial charge is 0.378 e. The minimum Gasteiger partial charge on any atom is -0.378 e. The second-order valence-electron chi connectivity index (χ2n) is 5.32. The lowest BCUT2D eigenvalue weighted by molar-refractivity contribution is -0.136. The van der Waals surface area contributed by atoms with Crippen LogP contribution in [-0.2, 0) is 16.1 Å². The van der Waals surface area contributed by atoms with Crippen LogP contribution in [0, 0.1) is 11.6 Å². The molecule has 2 aromatic rings. The number of rotatable bonds is 4. The molecule has 126 valence electrons. The van der Waals surface area contributed by atoms with E-state index in [4.69, 9.17) is 0 Å². The van der Waals surface area contributed by atoms with Gasteiger partial charge < -0.3 is 15.5 Å². The maximum atomic E-state index is 13.4. The molecule has 0 heterocycles. The number of benzene rings is 2. The topological polar surface area (TPSA) is 61.4 Å². The van der Waals surface area contributed by atoms with Gasteiger partial charge in [-0.2, -0.15) is 0 Å². The van der Waals surface area contributed by atoms with Gasteiger partial charge in [-0.15, -0.1) is 0 Å². The Hall–Kier alpha value is -2.96. The van der Waals surface area contributed by atoms with Crippen LogP contribution in [0.4, 0.5) is 20.2 Å². The molecular formula is C17H17F2N3O2. The van der Waals surface area contributed by atoms with E-state index >= 15 is 0 Å². The Bertz CT molecular complexity index is 746. The molecule has 2 amide bonds. The highest BCUT2D eigenvalue weighted by Gasteiger charge is 2.15. The van der Waals surface area contributed by atoms with E-state index in [0.717, 1.165) is 23.4 Å². The lowest BCUT2D eigenvalue weighted by Crippen LogP contribution is -2.35. The molecule has 7 heteroatoms. The Balaban J connectivity index is 1.90. The minimum atomic E-state index is -1.02. The van der Waals surface area contributed by atoms with Gasteiger partial charge >= 0.3 is 11.8 Å². The van der Waals surface area contributed by atoms with Crippen molar-refractivity contribution >= 4 is 23.2 Å². The number of hydrogen-bond donors (Lipinski definition) is 2. The lowest BCUT2D eigenvalue weighted by atomic mass is 10.2. The van der Waals surface area contributed by atoms with Crippen molar-refractivity contribution in [1.82, 2.24) is 5.32 Å². The molecule has 0 saturated carbocycles. The summed E-state index contributed by atoms with van der Waals surface area (Å²) < 4.78 is 26.2. The molecule has 0 aliphatic heterocycles. The van der Waals surface area contributed by atoms with Gasteiger partial charge in [0.15, 0.2) is 0 Å². The fourth-order valence-electron chi connectivity index (χ4n) is 1.94. The molecule has 0 bridgehead atoms. The maximum absolute atomic E-state index is 13.4. The molecular weight excluding hydrogens is 316 g/mol. The molecule has 5 nitrogen and oxygen atoms in total. The van der Waals surface area contributed by atoms with Crippen molar-refractivity contribution in [2.45, 2.75) is 6.54 Å². The van der Waals surface area contributed by atoms with Crippen molar-refractivity contribution in [3.8, 4) is 0 Å². The first-order valence-electron chi connectivity index (χ1n) is 7.17. The van der Waals surface area contributed by atoms with Crippen LogP contribution in [0.1, 0.15) is 5.56 Å². The fraction of sp³-hybridized carbons (Fsp3) is 0.176. The molecule has 0 atom stereocenters. The summed E-state index contributed by atoms with van der Waals surface area (Å²) in [7, 11) is 3.82. The van der Waals surface area contributed by atoms with Gasteiger partial charge in [0.25, 0.3) is 0 Å². The number of nitrogens with one attached hydrogen (secondary N) is 2. The molecule has 0 radical (unpaired) electrons. The summed E-state index contributed by atoms with van der Waals surface area (Å²) in [6.07, 6.45) is 0. The van der Waals surface area contributed by atoms with Crippen LogP contribution in [0.3, 0.4) is 0 Å². The third kappa shape index (κ3) is 4.52. The van der Waals surface area contributed by atoms with Crippen molar-refractivity contribution in [2.24, 2.45) is 0 Å². The Kier molecular flexibility index (Phi) is 5.47. The molecule has 0 aliphatic carbocycles. The van der Waals surface area contributed by atoms with E-state index in [2.05, 4.69) is 10.6 Å². The van der Waals surface area contributed by atoms with Gasteiger partial charge in [0.2, 0.25) is 0 Å². The number of carbonyl (C=O) groups is 2. The zero-order chi connectivity index (χ0) is 17.7. The molecule has 0 aliphatic rings. The summed E-state index contributed by atoms with van der Waals surface area (Å²) in [5.74, 6) is -3.65. The van der Waals surface area contributed by atoms with Crippen molar-refractivity contribution in [1.29, 1.82) is 0 Å². The second-order valence-corrected chi connectivity index (χ2v) is 5.32. The van der Waals surface area contributed by atoms with Gasteiger partial charge in [-0.05, 0) is 29.8 Å². The van der Waals surface area contributed by atoms with Crippen LogP contribution in [-0.4, -0.2) is 25.9 Å². The van der Waals surface area contributed by atoms with Crippen LogP contribution in [0.2, 0.25) is 0 Å². The highest BCUT2D eigenvalue weighted by atomic mass is 19.1. The van der Waals surface area contributed by atoms with E-state index in [1.807, 2.05) is 43.3 Å². The zero-order valence-electron chi connectivity index (χ0n) is 13.3. The van der Waals surface area contributed by atoms with Crippen molar-refractivity contribution < 1.29 is 18.4 Å². The number of anilines is 2. The normalized spacial score (nSPS) is 10.2. The van der Waals surface area contributed by atoms with Crippen LogP contribution in [0.15, 0.2) is 42.5 Å². The molecule has 0 fully saturated rings. The molecule has 2 aromatic carbocycles. The van der Waals surface area contributed by atoms with Gasteiger partial charge in [0, 0.05) is 32.4 Å². The van der Waals surface area contributed by atoms with Gasteiger partial charge in [0.05, 0.1) is 5.69 Å². The zero-order valence-corrected chi connectivity index (χ0v) is 13.3. The van der Waals surface area contributed by atoms with Crippen LogP contribution in [0.25, 0.3) is 0 Å². The summed E-state index contributed by atoms with van der Waals surface area (Å²) in [6, 6.07) is 10.1. The summed E-state index contributed by atoms with van der Waals surface area (Å²) in [5.41, 5.74) is 1.57. The molecule has 0 saturated heterocycles. The van der Waals surface area contributed by atoms with E-state index in [9.17, 15) is 18.4 Å². The van der Waals surface area contributed by atoms with Crippen LogP contribution >= 0.6 is 0 Å². The first kappa shape index (κ1) is 17.4. The summed E-state index contributed by atoms with van der Waals surface area (Å²) in [6.45, 7) is 0.159. The third-order valence-corrected chi connectivity index (χ3v) is 3.29. The van der Waals surface area contributed by atoms with E-state index in [1.54, 1.807) is 0 Å². The molecule has 2 N–H and O–H groups in total. The molecule has 2 rings (SSSR count). The molecule has 24 heavy (non-hydrogen) atoms. The highest BCUT2D eigenvalue weighted by Crippen LogP contribution is 2.15. The van der Waals surface area contributed by atoms with Gasteiger partial charge in [-0.25, -0.2) is 8.78 Å². The maximum Gasteiger partial charge on any atom is 0.313 e. The van der Waals surface area contributed by atoms with Crippen molar-refractivity contribution in [2.75, 3.05) is 24.3 Å². The Labute approximate surface area is 138 Å². The number of carbonyl (C=O) groups excluding carboxylic acids is 2. The number of nitrogens with zero attached hydrogens (tertiary/aromatic N) is 1. The van der Waals surface area contributed by atoms with E-state index in [1.165, 1.54) is 0 Å². The van der Waals surface area contributed by atoms with Gasteiger partial charge in [-0.1, -0.05) is 12.1 Å². The second kappa shape index (κ2) is 7.54. The summed E-state index contributed by atoms with van der Waals surface area (Å²) in [4.78, 5) is 25.4. The summed E-state index contributed by atoms with van der Waals surface area (Å²) in [5, 5.41) is 4.54. The Morgan fingerprint density at radius 3 is 2.25 bits per heavy atom. The Morgan fingerprint density at radius 2 is 1.67 bits per heavy atom. The SMILES string of the molecule is CN(C)c1ccc(CNC(=O)C(=O)Nc2ccc(F)cc2F)cc1. The van der Waals surface area contributed by atoms with E-state index < -0.39 is 23.4 Å². The van der Waals surface area contributed by atoms with Crippen molar-refractivity contribution in [3.05, 3.63) is 59.7 Å². The van der Waals surface area contributed by atoms with E-state index in [-0.39, 0.29) is 12.2 Å². The van der Waals surface area contributed by atoms with Crippen molar-refractivity contribution in [3.63, 3.8) is 0 Å². The third-order valence-electron chi connectivity index (χ3n) is 3.29. The van der Waals surface area contributed by atoms with Gasteiger partial charge in [-0.3, -0.25) is 9.59 Å². The monoisotopic (exact) mass is 333 g/mol. The van der Waals surface area contributed by atoms with E-state index in [0.29, 0.717) is 6.07 Å². The molecule has 0 aromatic heterocycles. The fourth-order valence-corrected chi connectivity index (χ4v) is 1.94. The molecule has 0 unspecified atom stereocenters. The summed E-state index contributed by atoms with van der Waals surface area (Å²) >= 11 is 0. The lowest BCUT2D eigenvalue weighted by Gasteiger charge is -2.13. The Morgan fingerprint density at radius 1 is 1.00 bits per heavy atom. The smallest absolute Gasteiger partial charge is 0.313 e. The molecule has 0 spiro atoms. The highest BCUT2D eigenvalue weighted by molar-refractivity contribution is 6.39. The predicted molar refractivity (Wildman–Crippen MR) is 87.6 cm³/mol. The first-order valence-corrected chi connectivity index (χ1v) is 7.17. The predicted octanol–water partition coefficient (Wildman–Crippen LogP) is 2.29. The number of amides is 2. The average Bonchev–Trinajstić information content (AvgIpc) is 2.55. The quantitative estimate of drug-likeness (QED) is 0.844. The van der Waals surface area contributed by atoms with Gasteiger partial charge in [0.1, 0.15) is 11.6 Å². The van der Waals surface area contributed by atoms with Crippen LogP contribution in [0.5, 0.6) is 0 Å². The van der Waals surface area contributed by atoms with Crippen LogP contribution < -0.4 is 15.5 Å². The number of hydrogen-bond acceptors (Lipinski definition) is 3.